The van der Waals surface area contributed by atoms with E-state index in [0.29, 0.717) is 10.0 Å². The van der Waals surface area contributed by atoms with E-state index in [1.807, 2.05) is 0 Å². The van der Waals surface area contributed by atoms with Gasteiger partial charge in [-0.3, -0.25) is 4.79 Å². The van der Waals surface area contributed by atoms with Crippen molar-refractivity contribution in [2.24, 2.45) is 0 Å². The number of hydrogen-bond acceptors (Lipinski definition) is 1. The van der Waals surface area contributed by atoms with E-state index in [1.165, 1.54) is 6.07 Å². The number of hydrogen-bond donors (Lipinski definition) is 0. The van der Waals surface area contributed by atoms with Gasteiger partial charge in [0.1, 0.15) is 5.78 Å². The molecule has 0 amide bonds. The summed E-state index contributed by atoms with van der Waals surface area (Å²) in [5.74, 6) is -0.167. The van der Waals surface area contributed by atoms with Crippen LogP contribution in [0.1, 0.15) is 11.1 Å². The molecule has 88 valence electrons. The van der Waals surface area contributed by atoms with Crippen LogP contribution < -0.4 is 0 Å². The highest BCUT2D eigenvalue weighted by Gasteiger charge is 2.30. The summed E-state index contributed by atoms with van der Waals surface area (Å²) < 4.78 is 37.7. The van der Waals surface area contributed by atoms with Gasteiger partial charge in [-0.25, -0.2) is 0 Å². The van der Waals surface area contributed by atoms with Crippen LogP contribution in [0.25, 0.3) is 0 Å². The molecule has 0 bridgehead atoms. The van der Waals surface area contributed by atoms with Crippen molar-refractivity contribution in [3.05, 3.63) is 33.8 Å². The van der Waals surface area contributed by atoms with Gasteiger partial charge in [0.15, 0.2) is 0 Å². The maximum atomic E-state index is 12.4. The van der Waals surface area contributed by atoms with Gasteiger partial charge in [-0.05, 0) is 23.8 Å². The first-order valence-electron chi connectivity index (χ1n) is 4.28. The van der Waals surface area contributed by atoms with Gasteiger partial charge in [0.25, 0.3) is 0 Å². The predicted octanol–water partition coefficient (Wildman–Crippen LogP) is 3.97. The topological polar surface area (TPSA) is 17.1 Å². The van der Waals surface area contributed by atoms with E-state index in [2.05, 4.69) is 31.9 Å². The Bertz CT molecular complexity index is 402. The van der Waals surface area contributed by atoms with Gasteiger partial charge >= 0.3 is 6.18 Å². The van der Waals surface area contributed by atoms with E-state index in [9.17, 15) is 18.0 Å². The standard InChI is InChI=1S/C10H7Br2F3O/c11-5-8(16)4-6-3-7(10(13,14)15)1-2-9(6)12/h1-3H,4-5H2. The van der Waals surface area contributed by atoms with Crippen LogP contribution >= 0.6 is 31.9 Å². The van der Waals surface area contributed by atoms with Gasteiger partial charge in [0, 0.05) is 10.9 Å². The van der Waals surface area contributed by atoms with Crippen LogP contribution in [0.3, 0.4) is 0 Å². The van der Waals surface area contributed by atoms with E-state index in [4.69, 9.17) is 0 Å². The van der Waals surface area contributed by atoms with Gasteiger partial charge < -0.3 is 0 Å². The summed E-state index contributed by atoms with van der Waals surface area (Å²) in [6.07, 6.45) is -4.40. The molecule has 6 heteroatoms. The van der Waals surface area contributed by atoms with Gasteiger partial charge in [0.2, 0.25) is 0 Å². The van der Waals surface area contributed by atoms with Crippen molar-refractivity contribution >= 4 is 37.6 Å². The summed E-state index contributed by atoms with van der Waals surface area (Å²) in [6.45, 7) is 0. The summed E-state index contributed by atoms with van der Waals surface area (Å²) in [5, 5.41) is 0.135. The number of alkyl halides is 4. The number of benzene rings is 1. The minimum absolute atomic E-state index is 0.0181. The molecule has 0 atom stereocenters. The van der Waals surface area contributed by atoms with Crippen LogP contribution in [0, 0.1) is 0 Å². The van der Waals surface area contributed by atoms with Crippen molar-refractivity contribution < 1.29 is 18.0 Å². The Kier molecular flexibility index (Phi) is 4.55. The zero-order valence-electron chi connectivity index (χ0n) is 7.94. The molecule has 1 aromatic rings. The monoisotopic (exact) mass is 358 g/mol. The molecule has 0 aromatic heterocycles. The average molecular weight is 360 g/mol. The van der Waals surface area contributed by atoms with Crippen LogP contribution in [0.5, 0.6) is 0 Å². The van der Waals surface area contributed by atoms with Crippen molar-refractivity contribution in [3.63, 3.8) is 0 Å². The normalized spacial score (nSPS) is 11.6. The smallest absolute Gasteiger partial charge is 0.298 e. The molecule has 0 spiro atoms. The highest BCUT2D eigenvalue weighted by molar-refractivity contribution is 9.10. The van der Waals surface area contributed by atoms with Gasteiger partial charge in [-0.2, -0.15) is 13.2 Å². The van der Waals surface area contributed by atoms with Gasteiger partial charge in [0.05, 0.1) is 10.9 Å². The first kappa shape index (κ1) is 13.7. The third-order valence-corrected chi connectivity index (χ3v) is 3.31. The molecule has 0 aliphatic rings. The van der Waals surface area contributed by atoms with E-state index in [1.54, 1.807) is 0 Å². The molecule has 0 unspecified atom stereocenters. The second kappa shape index (κ2) is 5.31. The molecule has 0 N–H and O–H groups in total. The van der Waals surface area contributed by atoms with Crippen molar-refractivity contribution in [2.75, 3.05) is 5.33 Å². The largest absolute Gasteiger partial charge is 0.416 e. The number of carbonyl (C=O) groups is 1. The number of rotatable bonds is 3. The summed E-state index contributed by atoms with van der Waals surface area (Å²) in [5.41, 5.74) is -0.396. The Morgan fingerprint density at radius 3 is 2.44 bits per heavy atom. The number of ketones is 1. The molecule has 16 heavy (non-hydrogen) atoms. The SMILES string of the molecule is O=C(CBr)Cc1cc(C(F)(F)F)ccc1Br. The van der Waals surface area contributed by atoms with Gasteiger partial charge in [-0.1, -0.05) is 31.9 Å². The molecular formula is C10H7Br2F3O. The Morgan fingerprint density at radius 1 is 1.31 bits per heavy atom. The molecule has 0 saturated carbocycles. The summed E-state index contributed by atoms with van der Waals surface area (Å²) in [4.78, 5) is 11.1. The molecule has 0 aliphatic carbocycles. The zero-order valence-corrected chi connectivity index (χ0v) is 11.1. The fourth-order valence-electron chi connectivity index (χ4n) is 1.15. The predicted molar refractivity (Wildman–Crippen MR) is 61.6 cm³/mol. The summed E-state index contributed by atoms with van der Waals surface area (Å²) in [6, 6.07) is 3.27. The maximum absolute atomic E-state index is 12.4. The van der Waals surface area contributed by atoms with Crippen LogP contribution in [0.2, 0.25) is 0 Å². The fourth-order valence-corrected chi connectivity index (χ4v) is 1.73. The van der Waals surface area contributed by atoms with E-state index in [-0.39, 0.29) is 17.5 Å². The fraction of sp³-hybridized carbons (Fsp3) is 0.300. The number of halogens is 5. The lowest BCUT2D eigenvalue weighted by molar-refractivity contribution is -0.137. The lowest BCUT2D eigenvalue weighted by Gasteiger charge is -2.09. The lowest BCUT2D eigenvalue weighted by atomic mass is 10.1. The maximum Gasteiger partial charge on any atom is 0.416 e. The van der Waals surface area contributed by atoms with Crippen molar-refractivity contribution in [1.29, 1.82) is 0 Å². The summed E-state index contributed by atoms with van der Waals surface area (Å²) >= 11 is 6.09. The molecule has 0 aliphatic heterocycles. The summed E-state index contributed by atoms with van der Waals surface area (Å²) in [7, 11) is 0. The highest BCUT2D eigenvalue weighted by Crippen LogP contribution is 2.32. The molecule has 1 nitrogen and oxygen atoms in total. The van der Waals surface area contributed by atoms with E-state index in [0.717, 1.165) is 12.1 Å². The molecule has 1 aromatic carbocycles. The number of Topliss-reactive ketones (excluding diaryl/α,β-unsaturated/α-hetero) is 1. The minimum atomic E-state index is -4.38. The Hall–Kier alpha value is -0.360. The zero-order chi connectivity index (χ0) is 12.3. The van der Waals surface area contributed by atoms with Crippen molar-refractivity contribution in [1.82, 2.24) is 0 Å². The second-order valence-electron chi connectivity index (χ2n) is 3.15. The molecule has 0 heterocycles. The highest BCUT2D eigenvalue weighted by atomic mass is 79.9. The minimum Gasteiger partial charge on any atom is -0.298 e. The third-order valence-electron chi connectivity index (χ3n) is 1.91. The Labute approximate surface area is 107 Å². The molecule has 0 fully saturated rings. The lowest BCUT2D eigenvalue weighted by Crippen LogP contribution is -2.08. The van der Waals surface area contributed by atoms with Crippen molar-refractivity contribution in [2.45, 2.75) is 12.6 Å². The van der Waals surface area contributed by atoms with Crippen LogP contribution in [0.15, 0.2) is 22.7 Å². The van der Waals surface area contributed by atoms with Crippen molar-refractivity contribution in [3.8, 4) is 0 Å². The molecule has 0 saturated heterocycles. The molecular weight excluding hydrogens is 353 g/mol. The Balaban J connectivity index is 3.04. The van der Waals surface area contributed by atoms with Crippen LogP contribution in [0.4, 0.5) is 13.2 Å². The average Bonchev–Trinajstić information content (AvgIpc) is 2.19. The molecule has 0 radical (unpaired) electrons. The quantitative estimate of drug-likeness (QED) is 0.746. The van der Waals surface area contributed by atoms with E-state index >= 15 is 0 Å². The first-order chi connectivity index (χ1) is 7.34. The second-order valence-corrected chi connectivity index (χ2v) is 4.57. The Morgan fingerprint density at radius 2 is 1.94 bits per heavy atom. The third kappa shape index (κ3) is 3.59. The van der Waals surface area contributed by atoms with Crippen LogP contribution in [-0.4, -0.2) is 11.1 Å². The van der Waals surface area contributed by atoms with Gasteiger partial charge in [-0.15, -0.1) is 0 Å². The first-order valence-corrected chi connectivity index (χ1v) is 6.19. The number of carbonyl (C=O) groups excluding carboxylic acids is 1. The van der Waals surface area contributed by atoms with E-state index < -0.39 is 11.7 Å². The van der Waals surface area contributed by atoms with Crippen LogP contribution in [-0.2, 0) is 17.4 Å². The molecule has 1 rings (SSSR count).